The van der Waals surface area contributed by atoms with E-state index in [1.165, 1.54) is 0 Å². The lowest BCUT2D eigenvalue weighted by Crippen LogP contribution is -2.19. The Bertz CT molecular complexity index is 372. The van der Waals surface area contributed by atoms with Gasteiger partial charge in [-0.1, -0.05) is 11.6 Å². The predicted octanol–water partition coefficient (Wildman–Crippen LogP) is 2.85. The van der Waals surface area contributed by atoms with Gasteiger partial charge in [-0.05, 0) is 15.9 Å². The number of hydrogen-bond donors (Lipinski definition) is 1. The van der Waals surface area contributed by atoms with E-state index in [0.29, 0.717) is 0 Å². The van der Waals surface area contributed by atoms with E-state index in [2.05, 4.69) is 25.7 Å². The average molecular weight is 305 g/mol. The molecular formula is C7H5BrClF3N2O. The zero-order valence-corrected chi connectivity index (χ0v) is 9.45. The summed E-state index contributed by atoms with van der Waals surface area (Å²) in [5, 5.41) is -0.254. The lowest BCUT2D eigenvalue weighted by atomic mass is 10.2. The van der Waals surface area contributed by atoms with Crippen molar-refractivity contribution >= 4 is 27.5 Å². The summed E-state index contributed by atoms with van der Waals surface area (Å²) < 4.78 is 39.9. The molecule has 0 saturated carbocycles. The standard InChI is InChI=1S/C7H5BrClF3N2O/c8-6-4(9)5(15-7(10,11)12)3(1-13)2-14-6/h2H,1,13H2. The van der Waals surface area contributed by atoms with Crippen LogP contribution in [0.4, 0.5) is 13.2 Å². The first-order valence-corrected chi connectivity index (χ1v) is 4.81. The van der Waals surface area contributed by atoms with Crippen LogP contribution in [0.5, 0.6) is 5.75 Å². The Labute approximate surface area is 96.5 Å². The summed E-state index contributed by atoms with van der Waals surface area (Å²) in [6.45, 7) is -0.147. The van der Waals surface area contributed by atoms with Gasteiger partial charge in [0.05, 0.1) is 0 Å². The van der Waals surface area contributed by atoms with E-state index in [9.17, 15) is 13.2 Å². The lowest BCUT2D eigenvalue weighted by Gasteiger charge is -2.13. The average Bonchev–Trinajstić information content (AvgIpc) is 2.11. The first-order chi connectivity index (χ1) is 6.85. The minimum absolute atomic E-state index is 0.0700. The second kappa shape index (κ2) is 4.54. The molecule has 1 rings (SSSR count). The highest BCUT2D eigenvalue weighted by atomic mass is 79.9. The van der Waals surface area contributed by atoms with Crippen molar-refractivity contribution in [3.63, 3.8) is 0 Å². The van der Waals surface area contributed by atoms with Crippen LogP contribution in [-0.4, -0.2) is 11.3 Å². The van der Waals surface area contributed by atoms with Crippen LogP contribution in [0.15, 0.2) is 10.8 Å². The molecule has 0 unspecified atom stereocenters. The third-order valence-corrected chi connectivity index (χ3v) is 2.62. The van der Waals surface area contributed by atoms with E-state index in [1.54, 1.807) is 0 Å². The van der Waals surface area contributed by atoms with E-state index in [0.717, 1.165) is 6.20 Å². The van der Waals surface area contributed by atoms with Crippen LogP contribution in [0.3, 0.4) is 0 Å². The highest BCUT2D eigenvalue weighted by Crippen LogP contribution is 2.36. The van der Waals surface area contributed by atoms with E-state index in [-0.39, 0.29) is 21.7 Å². The van der Waals surface area contributed by atoms with E-state index < -0.39 is 12.1 Å². The summed E-state index contributed by atoms with van der Waals surface area (Å²) in [6, 6.07) is 0. The van der Waals surface area contributed by atoms with Crippen molar-refractivity contribution in [1.82, 2.24) is 4.98 Å². The van der Waals surface area contributed by atoms with Gasteiger partial charge in [0.1, 0.15) is 9.63 Å². The molecule has 1 aromatic heterocycles. The maximum absolute atomic E-state index is 12.0. The number of aromatic nitrogens is 1. The minimum atomic E-state index is -4.81. The first-order valence-electron chi connectivity index (χ1n) is 3.64. The van der Waals surface area contributed by atoms with Gasteiger partial charge < -0.3 is 10.5 Å². The van der Waals surface area contributed by atoms with Crippen LogP contribution < -0.4 is 10.5 Å². The van der Waals surface area contributed by atoms with Crippen LogP contribution in [0.1, 0.15) is 5.56 Å². The van der Waals surface area contributed by atoms with Gasteiger partial charge in [0, 0.05) is 18.3 Å². The summed E-state index contributed by atoms with van der Waals surface area (Å²) in [5.74, 6) is -0.520. The van der Waals surface area contributed by atoms with Gasteiger partial charge in [-0.25, -0.2) is 4.98 Å². The number of halogens is 5. The molecule has 8 heteroatoms. The Balaban J connectivity index is 3.18. The largest absolute Gasteiger partial charge is 0.573 e. The number of alkyl halides is 3. The van der Waals surface area contributed by atoms with Crippen molar-refractivity contribution in [2.45, 2.75) is 12.9 Å². The number of pyridine rings is 1. The summed E-state index contributed by atoms with van der Waals surface area (Å²) in [5.41, 5.74) is 5.31. The smallest absolute Gasteiger partial charge is 0.404 e. The molecular weight excluding hydrogens is 300 g/mol. The number of ether oxygens (including phenoxy) is 1. The summed E-state index contributed by atoms with van der Waals surface area (Å²) in [4.78, 5) is 3.70. The zero-order chi connectivity index (χ0) is 11.6. The van der Waals surface area contributed by atoms with Gasteiger partial charge in [-0.3, -0.25) is 0 Å². The van der Waals surface area contributed by atoms with E-state index in [4.69, 9.17) is 17.3 Å². The predicted molar refractivity (Wildman–Crippen MR) is 51.5 cm³/mol. The topological polar surface area (TPSA) is 48.1 Å². The molecule has 3 nitrogen and oxygen atoms in total. The van der Waals surface area contributed by atoms with Crippen LogP contribution in [-0.2, 0) is 6.54 Å². The molecule has 15 heavy (non-hydrogen) atoms. The van der Waals surface area contributed by atoms with E-state index in [1.807, 2.05) is 0 Å². The molecule has 1 heterocycles. The molecule has 0 spiro atoms. The number of nitrogens with zero attached hydrogens (tertiary/aromatic N) is 1. The van der Waals surface area contributed by atoms with Gasteiger partial charge in [-0.15, -0.1) is 13.2 Å². The molecule has 0 aromatic carbocycles. The molecule has 2 N–H and O–H groups in total. The van der Waals surface area contributed by atoms with Gasteiger partial charge in [0.25, 0.3) is 0 Å². The van der Waals surface area contributed by atoms with Gasteiger partial charge in [0.2, 0.25) is 0 Å². The molecule has 0 aliphatic heterocycles. The number of nitrogens with two attached hydrogens (primary N) is 1. The Morgan fingerprint density at radius 2 is 2.13 bits per heavy atom. The molecule has 0 bridgehead atoms. The molecule has 0 amide bonds. The number of rotatable bonds is 2. The van der Waals surface area contributed by atoms with Gasteiger partial charge in [0.15, 0.2) is 5.75 Å². The molecule has 0 radical (unpaired) electrons. The van der Waals surface area contributed by atoms with Crippen molar-refractivity contribution in [2.24, 2.45) is 5.73 Å². The fourth-order valence-electron chi connectivity index (χ4n) is 0.856. The van der Waals surface area contributed by atoms with E-state index >= 15 is 0 Å². The van der Waals surface area contributed by atoms with Gasteiger partial charge >= 0.3 is 6.36 Å². The summed E-state index contributed by atoms with van der Waals surface area (Å²) >= 11 is 8.48. The third kappa shape index (κ3) is 3.22. The molecule has 0 saturated heterocycles. The zero-order valence-electron chi connectivity index (χ0n) is 7.11. The van der Waals surface area contributed by atoms with Gasteiger partial charge in [-0.2, -0.15) is 0 Å². The molecule has 84 valence electrons. The Morgan fingerprint density at radius 3 is 2.60 bits per heavy atom. The number of hydrogen-bond acceptors (Lipinski definition) is 3. The van der Waals surface area contributed by atoms with Crippen molar-refractivity contribution in [1.29, 1.82) is 0 Å². The SMILES string of the molecule is NCc1cnc(Br)c(Cl)c1OC(F)(F)F. The highest BCUT2D eigenvalue weighted by Gasteiger charge is 2.33. The van der Waals surface area contributed by atoms with Crippen molar-refractivity contribution in [3.8, 4) is 5.75 Å². The van der Waals surface area contributed by atoms with Crippen molar-refractivity contribution in [2.75, 3.05) is 0 Å². The second-order valence-electron chi connectivity index (χ2n) is 2.47. The molecule has 0 atom stereocenters. The summed E-state index contributed by atoms with van der Waals surface area (Å²) in [7, 11) is 0. The maximum Gasteiger partial charge on any atom is 0.573 e. The van der Waals surface area contributed by atoms with Crippen LogP contribution >= 0.6 is 27.5 Å². The molecule has 1 aromatic rings. The second-order valence-corrected chi connectivity index (χ2v) is 3.60. The third-order valence-electron chi connectivity index (χ3n) is 1.44. The fourth-order valence-corrected chi connectivity index (χ4v) is 1.35. The van der Waals surface area contributed by atoms with Crippen LogP contribution in [0, 0.1) is 0 Å². The Hall–Kier alpha value is -0.530. The Kier molecular flexibility index (Phi) is 3.80. The van der Waals surface area contributed by atoms with Crippen molar-refractivity contribution in [3.05, 3.63) is 21.4 Å². The Morgan fingerprint density at radius 1 is 1.53 bits per heavy atom. The normalized spacial score (nSPS) is 11.6. The molecule has 0 aliphatic carbocycles. The quantitative estimate of drug-likeness (QED) is 0.855. The minimum Gasteiger partial charge on any atom is -0.404 e. The van der Waals surface area contributed by atoms with Crippen molar-refractivity contribution < 1.29 is 17.9 Å². The molecule has 0 aliphatic rings. The monoisotopic (exact) mass is 304 g/mol. The highest BCUT2D eigenvalue weighted by molar-refractivity contribution is 9.10. The van der Waals surface area contributed by atoms with Crippen LogP contribution in [0.2, 0.25) is 5.02 Å². The lowest BCUT2D eigenvalue weighted by molar-refractivity contribution is -0.274. The summed E-state index contributed by atoms with van der Waals surface area (Å²) in [6.07, 6.45) is -3.65. The fraction of sp³-hybridized carbons (Fsp3) is 0.286. The maximum atomic E-state index is 12.0. The first kappa shape index (κ1) is 12.5. The molecule has 0 fully saturated rings. The van der Waals surface area contributed by atoms with Crippen LogP contribution in [0.25, 0.3) is 0 Å².